The van der Waals surface area contributed by atoms with E-state index in [4.69, 9.17) is 0 Å². The Morgan fingerprint density at radius 1 is 1.06 bits per heavy atom. The third-order valence-corrected chi connectivity index (χ3v) is 6.11. The van der Waals surface area contributed by atoms with Gasteiger partial charge < -0.3 is 5.32 Å². The molecule has 2 heterocycles. The topological polar surface area (TPSA) is 93.0 Å². The van der Waals surface area contributed by atoms with Gasteiger partial charge in [-0.1, -0.05) is 55.0 Å². The van der Waals surface area contributed by atoms with Crippen LogP contribution in [0, 0.1) is 19.8 Å². The fraction of sp³-hybridized carbons (Fsp3) is 0.321. The molecule has 0 unspecified atom stereocenters. The number of aromatic nitrogens is 4. The number of hydrogen-bond donors (Lipinski definition) is 1. The number of fused-ring (bicyclic) bond motifs is 1. The average molecular weight is 485 g/mol. The monoisotopic (exact) mass is 484 g/mol. The van der Waals surface area contributed by atoms with Crippen LogP contribution in [0.3, 0.4) is 0 Å². The standard InChI is InChI=1S/C28H32N6O2/c1-19(2)13-15-30-28(36)27(22-8-7-14-29-17-22)34(24-12-11-20(3)16-21(24)4)26(35)18-33-25-10-6-5-9-23(25)31-32-33/h5-12,14,16-17,19,27H,13,15,18H2,1-4H3,(H,30,36)/t27-/m1/s1. The van der Waals surface area contributed by atoms with Crippen molar-refractivity contribution in [3.05, 3.63) is 83.7 Å². The van der Waals surface area contributed by atoms with Crippen LogP contribution in [0.1, 0.15) is 43.0 Å². The van der Waals surface area contributed by atoms with Crippen molar-refractivity contribution in [1.82, 2.24) is 25.3 Å². The lowest BCUT2D eigenvalue weighted by Crippen LogP contribution is -2.46. The first kappa shape index (κ1) is 25.0. The van der Waals surface area contributed by atoms with Crippen LogP contribution in [0.5, 0.6) is 0 Å². The van der Waals surface area contributed by atoms with Crippen molar-refractivity contribution in [2.45, 2.75) is 46.7 Å². The van der Waals surface area contributed by atoms with Crippen LogP contribution in [-0.4, -0.2) is 38.3 Å². The molecule has 8 heteroatoms. The Balaban J connectivity index is 1.78. The molecule has 0 bridgehead atoms. The lowest BCUT2D eigenvalue weighted by molar-refractivity contribution is -0.127. The number of rotatable bonds is 9. The fourth-order valence-corrected chi connectivity index (χ4v) is 4.27. The van der Waals surface area contributed by atoms with Crippen molar-refractivity contribution in [3.8, 4) is 0 Å². The quantitative estimate of drug-likeness (QED) is 0.381. The molecule has 2 amide bonds. The Hall–Kier alpha value is -4.07. The van der Waals surface area contributed by atoms with Crippen LogP contribution >= 0.6 is 0 Å². The van der Waals surface area contributed by atoms with Gasteiger partial charge in [0.2, 0.25) is 11.8 Å². The van der Waals surface area contributed by atoms with Crippen LogP contribution in [0.25, 0.3) is 11.0 Å². The maximum absolute atomic E-state index is 14.0. The van der Waals surface area contributed by atoms with Gasteiger partial charge in [0, 0.05) is 30.2 Å². The second kappa shape index (κ2) is 11.1. The Morgan fingerprint density at radius 2 is 1.86 bits per heavy atom. The zero-order valence-electron chi connectivity index (χ0n) is 21.2. The highest BCUT2D eigenvalue weighted by atomic mass is 16.2. The zero-order valence-corrected chi connectivity index (χ0v) is 21.2. The van der Waals surface area contributed by atoms with Crippen LogP contribution in [0.15, 0.2) is 67.0 Å². The molecule has 0 saturated heterocycles. The third-order valence-electron chi connectivity index (χ3n) is 6.11. The van der Waals surface area contributed by atoms with E-state index in [1.54, 1.807) is 28.0 Å². The molecule has 4 aromatic rings. The number of aryl methyl sites for hydroxylation is 2. The van der Waals surface area contributed by atoms with Gasteiger partial charge >= 0.3 is 0 Å². The molecule has 4 rings (SSSR count). The minimum absolute atomic E-state index is 0.0656. The number of nitrogens with one attached hydrogen (secondary N) is 1. The summed E-state index contributed by atoms with van der Waals surface area (Å²) in [7, 11) is 0. The van der Waals surface area contributed by atoms with E-state index in [2.05, 4.69) is 34.5 Å². The smallest absolute Gasteiger partial charge is 0.249 e. The van der Waals surface area contributed by atoms with Crippen LogP contribution < -0.4 is 10.2 Å². The number of carbonyl (C=O) groups is 2. The highest BCUT2D eigenvalue weighted by Gasteiger charge is 2.34. The van der Waals surface area contributed by atoms with Crippen molar-refractivity contribution in [3.63, 3.8) is 0 Å². The van der Waals surface area contributed by atoms with Gasteiger partial charge in [-0.15, -0.1) is 5.10 Å². The number of anilines is 1. The Labute approximate surface area is 211 Å². The molecule has 0 aliphatic heterocycles. The second-order valence-electron chi connectivity index (χ2n) is 9.45. The molecule has 2 aromatic carbocycles. The second-order valence-corrected chi connectivity index (χ2v) is 9.45. The summed E-state index contributed by atoms with van der Waals surface area (Å²) in [5.74, 6) is -0.0780. The van der Waals surface area contributed by atoms with E-state index in [0.29, 0.717) is 29.2 Å². The number of amides is 2. The van der Waals surface area contributed by atoms with Gasteiger partial charge in [0.1, 0.15) is 18.1 Å². The summed E-state index contributed by atoms with van der Waals surface area (Å²) in [6.07, 6.45) is 4.14. The van der Waals surface area contributed by atoms with Crippen LogP contribution in [0.2, 0.25) is 0 Å². The first-order chi connectivity index (χ1) is 17.3. The molecule has 0 saturated carbocycles. The molecular weight excluding hydrogens is 452 g/mol. The van der Waals surface area contributed by atoms with Crippen LogP contribution in [-0.2, 0) is 16.1 Å². The van der Waals surface area contributed by atoms with Gasteiger partial charge in [0.25, 0.3) is 0 Å². The normalized spacial score (nSPS) is 12.0. The van der Waals surface area contributed by atoms with E-state index in [0.717, 1.165) is 23.1 Å². The molecule has 186 valence electrons. The number of pyridine rings is 1. The molecule has 0 spiro atoms. The minimum Gasteiger partial charge on any atom is -0.354 e. The SMILES string of the molecule is Cc1ccc(N(C(=O)Cn2nnc3ccccc32)[C@@H](C(=O)NCCC(C)C)c2cccnc2)c(C)c1. The average Bonchev–Trinajstić information content (AvgIpc) is 3.26. The highest BCUT2D eigenvalue weighted by molar-refractivity contribution is 6.02. The van der Waals surface area contributed by atoms with Gasteiger partial charge in [-0.2, -0.15) is 0 Å². The van der Waals surface area contributed by atoms with Crippen molar-refractivity contribution in [1.29, 1.82) is 0 Å². The summed E-state index contributed by atoms with van der Waals surface area (Å²) in [6.45, 7) is 8.63. The van der Waals surface area contributed by atoms with Crippen molar-refractivity contribution in [2.75, 3.05) is 11.4 Å². The van der Waals surface area contributed by atoms with E-state index in [-0.39, 0.29) is 18.4 Å². The van der Waals surface area contributed by atoms with Gasteiger partial charge in [0.05, 0.1) is 5.52 Å². The number of nitrogens with zero attached hydrogens (tertiary/aromatic N) is 5. The lowest BCUT2D eigenvalue weighted by atomic mass is 10.0. The first-order valence-electron chi connectivity index (χ1n) is 12.2. The molecule has 0 aliphatic rings. The molecular formula is C28H32N6O2. The van der Waals surface area contributed by atoms with E-state index < -0.39 is 6.04 Å². The van der Waals surface area contributed by atoms with E-state index in [1.807, 2.05) is 62.4 Å². The highest BCUT2D eigenvalue weighted by Crippen LogP contribution is 2.31. The van der Waals surface area contributed by atoms with Gasteiger partial charge in [0.15, 0.2) is 0 Å². The van der Waals surface area contributed by atoms with Crippen molar-refractivity contribution >= 4 is 28.5 Å². The van der Waals surface area contributed by atoms with Crippen LogP contribution in [0.4, 0.5) is 5.69 Å². The maximum Gasteiger partial charge on any atom is 0.249 e. The fourth-order valence-electron chi connectivity index (χ4n) is 4.27. The maximum atomic E-state index is 14.0. The summed E-state index contributed by atoms with van der Waals surface area (Å²) in [6, 6.07) is 16.1. The largest absolute Gasteiger partial charge is 0.354 e. The zero-order chi connectivity index (χ0) is 25.7. The van der Waals surface area contributed by atoms with Gasteiger partial charge in [-0.05, 0) is 56.0 Å². The first-order valence-corrected chi connectivity index (χ1v) is 12.2. The molecule has 1 N–H and O–H groups in total. The summed E-state index contributed by atoms with van der Waals surface area (Å²) in [5, 5.41) is 11.4. The number of hydrogen-bond acceptors (Lipinski definition) is 5. The van der Waals surface area contributed by atoms with Gasteiger partial charge in [-0.3, -0.25) is 19.5 Å². The van der Waals surface area contributed by atoms with E-state index in [1.165, 1.54) is 0 Å². The Bertz CT molecular complexity index is 1350. The van der Waals surface area contributed by atoms with Gasteiger partial charge in [-0.25, -0.2) is 4.68 Å². The van der Waals surface area contributed by atoms with Crippen molar-refractivity contribution in [2.24, 2.45) is 5.92 Å². The predicted octanol–water partition coefficient (Wildman–Crippen LogP) is 4.38. The molecule has 2 aromatic heterocycles. The van der Waals surface area contributed by atoms with E-state index >= 15 is 0 Å². The summed E-state index contributed by atoms with van der Waals surface area (Å²) >= 11 is 0. The number of benzene rings is 2. The Morgan fingerprint density at radius 3 is 2.58 bits per heavy atom. The molecule has 1 atom stereocenters. The Kier molecular flexibility index (Phi) is 7.73. The molecule has 36 heavy (non-hydrogen) atoms. The van der Waals surface area contributed by atoms with E-state index in [9.17, 15) is 9.59 Å². The molecule has 0 radical (unpaired) electrons. The third kappa shape index (κ3) is 5.59. The molecule has 0 fully saturated rings. The number of para-hydroxylation sites is 1. The summed E-state index contributed by atoms with van der Waals surface area (Å²) in [4.78, 5) is 33.5. The summed E-state index contributed by atoms with van der Waals surface area (Å²) < 4.78 is 1.57. The lowest BCUT2D eigenvalue weighted by Gasteiger charge is -2.32. The molecule has 0 aliphatic carbocycles. The van der Waals surface area contributed by atoms with Crippen molar-refractivity contribution < 1.29 is 9.59 Å². The predicted molar refractivity (Wildman–Crippen MR) is 140 cm³/mol. The molecule has 8 nitrogen and oxygen atoms in total. The minimum atomic E-state index is -0.894. The number of carbonyl (C=O) groups excluding carboxylic acids is 2. The summed E-state index contributed by atoms with van der Waals surface area (Å²) in [5.41, 5.74) is 4.74.